The number of ether oxygens (including phenoxy) is 1. The Morgan fingerprint density at radius 1 is 1.38 bits per heavy atom. The van der Waals surface area contributed by atoms with Crippen LogP contribution in [0.4, 0.5) is 0 Å². The van der Waals surface area contributed by atoms with Gasteiger partial charge in [0.05, 0.1) is 24.1 Å². The predicted octanol–water partition coefficient (Wildman–Crippen LogP) is 2.58. The van der Waals surface area contributed by atoms with Gasteiger partial charge in [-0.1, -0.05) is 26.8 Å². The average Bonchev–Trinajstić information content (AvgIpc) is 2.46. The first-order valence-electron chi connectivity index (χ1n) is 8.12. The van der Waals surface area contributed by atoms with Crippen molar-refractivity contribution in [1.82, 2.24) is 15.2 Å². The van der Waals surface area contributed by atoms with Crippen LogP contribution < -0.4 is 5.32 Å². The monoisotopic (exact) mass is 291 g/mol. The molecule has 0 aliphatic carbocycles. The Morgan fingerprint density at radius 3 is 2.86 bits per heavy atom. The minimum absolute atomic E-state index is 0.318. The van der Waals surface area contributed by atoms with Crippen molar-refractivity contribution in [2.75, 3.05) is 13.2 Å². The van der Waals surface area contributed by atoms with E-state index in [9.17, 15) is 0 Å². The molecule has 2 rings (SSSR count). The summed E-state index contributed by atoms with van der Waals surface area (Å²) in [5, 5.41) is 3.42. The van der Waals surface area contributed by atoms with E-state index in [0.29, 0.717) is 18.2 Å². The zero-order valence-electron chi connectivity index (χ0n) is 13.8. The van der Waals surface area contributed by atoms with Gasteiger partial charge in [0.2, 0.25) is 0 Å². The summed E-state index contributed by atoms with van der Waals surface area (Å²) in [6.07, 6.45) is 1.44. The minimum atomic E-state index is 0.318. The van der Waals surface area contributed by atoms with Gasteiger partial charge in [-0.3, -0.25) is 9.88 Å². The van der Waals surface area contributed by atoms with Crippen LogP contribution in [0.3, 0.4) is 0 Å². The molecule has 0 amide bonds. The SMILES string of the molecule is CCC1COC(C)CN1Cc1cccc(CNC(C)C)n1. The van der Waals surface area contributed by atoms with Gasteiger partial charge in [0, 0.05) is 31.7 Å². The second kappa shape index (κ2) is 7.87. The van der Waals surface area contributed by atoms with Gasteiger partial charge in [-0.25, -0.2) is 0 Å². The van der Waals surface area contributed by atoms with E-state index in [4.69, 9.17) is 9.72 Å². The molecule has 0 saturated carbocycles. The van der Waals surface area contributed by atoms with Crippen molar-refractivity contribution < 1.29 is 4.74 Å². The lowest BCUT2D eigenvalue weighted by Crippen LogP contribution is -2.48. The highest BCUT2D eigenvalue weighted by Gasteiger charge is 2.25. The van der Waals surface area contributed by atoms with Crippen molar-refractivity contribution in [1.29, 1.82) is 0 Å². The van der Waals surface area contributed by atoms with Gasteiger partial charge in [0.15, 0.2) is 0 Å². The van der Waals surface area contributed by atoms with Gasteiger partial charge in [0.25, 0.3) is 0 Å². The van der Waals surface area contributed by atoms with Crippen molar-refractivity contribution >= 4 is 0 Å². The first-order chi connectivity index (χ1) is 10.1. The van der Waals surface area contributed by atoms with E-state index >= 15 is 0 Å². The van der Waals surface area contributed by atoms with E-state index < -0.39 is 0 Å². The molecule has 0 aromatic carbocycles. The molecule has 2 heterocycles. The van der Waals surface area contributed by atoms with Crippen molar-refractivity contribution in [3.8, 4) is 0 Å². The molecule has 118 valence electrons. The number of pyridine rings is 1. The predicted molar refractivity (Wildman–Crippen MR) is 86.1 cm³/mol. The summed E-state index contributed by atoms with van der Waals surface area (Å²) >= 11 is 0. The molecule has 1 fully saturated rings. The van der Waals surface area contributed by atoms with Crippen molar-refractivity contribution in [3.63, 3.8) is 0 Å². The van der Waals surface area contributed by atoms with Crippen LogP contribution in [0, 0.1) is 0 Å². The Morgan fingerprint density at radius 2 is 2.14 bits per heavy atom. The standard InChI is InChI=1S/C17H29N3O/c1-5-17-12-21-14(4)10-20(17)11-16-8-6-7-15(19-16)9-18-13(2)3/h6-8,13-14,17-18H,5,9-12H2,1-4H3. The highest BCUT2D eigenvalue weighted by molar-refractivity contribution is 5.11. The van der Waals surface area contributed by atoms with Crippen LogP contribution >= 0.6 is 0 Å². The van der Waals surface area contributed by atoms with Crippen LogP contribution in [0.2, 0.25) is 0 Å². The van der Waals surface area contributed by atoms with Crippen LogP contribution in [-0.2, 0) is 17.8 Å². The van der Waals surface area contributed by atoms with Crippen molar-refractivity contribution in [2.24, 2.45) is 0 Å². The van der Waals surface area contributed by atoms with Crippen molar-refractivity contribution in [2.45, 2.75) is 65.4 Å². The molecule has 1 aliphatic rings. The second-order valence-corrected chi connectivity index (χ2v) is 6.29. The van der Waals surface area contributed by atoms with Gasteiger partial charge in [-0.15, -0.1) is 0 Å². The minimum Gasteiger partial charge on any atom is -0.376 e. The number of rotatable bonds is 6. The highest BCUT2D eigenvalue weighted by atomic mass is 16.5. The lowest BCUT2D eigenvalue weighted by molar-refractivity contribution is -0.0596. The molecule has 2 unspecified atom stereocenters. The maximum absolute atomic E-state index is 5.77. The van der Waals surface area contributed by atoms with Crippen LogP contribution in [0.15, 0.2) is 18.2 Å². The van der Waals surface area contributed by atoms with Gasteiger partial charge in [-0.05, 0) is 25.5 Å². The highest BCUT2D eigenvalue weighted by Crippen LogP contribution is 2.17. The summed E-state index contributed by atoms with van der Waals surface area (Å²) in [5.41, 5.74) is 2.28. The van der Waals surface area contributed by atoms with E-state index in [0.717, 1.165) is 44.0 Å². The Hall–Kier alpha value is -0.970. The number of nitrogens with zero attached hydrogens (tertiary/aromatic N) is 2. The largest absolute Gasteiger partial charge is 0.376 e. The molecule has 21 heavy (non-hydrogen) atoms. The number of nitrogens with one attached hydrogen (secondary N) is 1. The van der Waals surface area contributed by atoms with Gasteiger partial charge in [-0.2, -0.15) is 0 Å². The fourth-order valence-corrected chi connectivity index (χ4v) is 2.72. The summed E-state index contributed by atoms with van der Waals surface area (Å²) in [6, 6.07) is 7.34. The number of aromatic nitrogens is 1. The maximum atomic E-state index is 5.77. The molecule has 0 spiro atoms. The van der Waals surface area contributed by atoms with E-state index in [1.54, 1.807) is 0 Å². The van der Waals surface area contributed by atoms with Crippen LogP contribution in [0.25, 0.3) is 0 Å². The zero-order chi connectivity index (χ0) is 15.2. The molecule has 1 saturated heterocycles. The van der Waals surface area contributed by atoms with Crippen molar-refractivity contribution in [3.05, 3.63) is 29.6 Å². The molecule has 2 atom stereocenters. The second-order valence-electron chi connectivity index (χ2n) is 6.29. The fourth-order valence-electron chi connectivity index (χ4n) is 2.72. The number of hydrogen-bond donors (Lipinski definition) is 1. The van der Waals surface area contributed by atoms with Gasteiger partial charge in [0.1, 0.15) is 0 Å². The molecule has 1 aromatic heterocycles. The topological polar surface area (TPSA) is 37.4 Å². The summed E-state index contributed by atoms with van der Waals surface area (Å²) < 4.78 is 5.77. The fraction of sp³-hybridized carbons (Fsp3) is 0.706. The number of morpholine rings is 1. The quantitative estimate of drug-likeness (QED) is 0.874. The Balaban J connectivity index is 1.99. The smallest absolute Gasteiger partial charge is 0.0674 e. The third kappa shape index (κ3) is 5.06. The Kier molecular flexibility index (Phi) is 6.15. The first kappa shape index (κ1) is 16.4. The third-order valence-electron chi connectivity index (χ3n) is 3.97. The molecular weight excluding hydrogens is 262 g/mol. The molecule has 1 aromatic rings. The summed E-state index contributed by atoms with van der Waals surface area (Å²) in [5.74, 6) is 0. The lowest BCUT2D eigenvalue weighted by atomic mass is 10.1. The molecule has 1 N–H and O–H groups in total. The van der Waals surface area contributed by atoms with E-state index in [1.807, 2.05) is 0 Å². The first-order valence-corrected chi connectivity index (χ1v) is 8.12. The zero-order valence-corrected chi connectivity index (χ0v) is 13.8. The van der Waals surface area contributed by atoms with Crippen LogP contribution in [-0.4, -0.2) is 41.2 Å². The summed E-state index contributed by atoms with van der Waals surface area (Å²) in [6.45, 7) is 12.3. The summed E-state index contributed by atoms with van der Waals surface area (Å²) in [4.78, 5) is 7.30. The number of hydrogen-bond acceptors (Lipinski definition) is 4. The Bertz CT molecular complexity index is 436. The van der Waals surface area contributed by atoms with Gasteiger partial charge >= 0.3 is 0 Å². The van der Waals surface area contributed by atoms with Crippen LogP contribution in [0.5, 0.6) is 0 Å². The molecule has 4 heteroatoms. The molecule has 0 bridgehead atoms. The van der Waals surface area contributed by atoms with E-state index in [1.165, 1.54) is 0 Å². The molecule has 1 aliphatic heterocycles. The normalized spacial score (nSPS) is 23.7. The lowest BCUT2D eigenvalue weighted by Gasteiger charge is -2.38. The molecule has 0 radical (unpaired) electrons. The molecular formula is C17H29N3O. The van der Waals surface area contributed by atoms with E-state index in [2.05, 4.69) is 56.1 Å². The molecule has 4 nitrogen and oxygen atoms in total. The van der Waals surface area contributed by atoms with Crippen LogP contribution in [0.1, 0.15) is 45.5 Å². The van der Waals surface area contributed by atoms with Gasteiger partial charge < -0.3 is 10.1 Å². The maximum Gasteiger partial charge on any atom is 0.0674 e. The summed E-state index contributed by atoms with van der Waals surface area (Å²) in [7, 11) is 0. The van der Waals surface area contributed by atoms with E-state index in [-0.39, 0.29) is 0 Å². The third-order valence-corrected chi connectivity index (χ3v) is 3.97. The Labute approximate surface area is 128 Å². The average molecular weight is 291 g/mol.